The van der Waals surface area contributed by atoms with Crippen LogP contribution in [0.5, 0.6) is 5.75 Å². The molecule has 3 aromatic carbocycles. The molecule has 6 heteroatoms. The molecule has 1 N–H and O–H groups in total. The van der Waals surface area contributed by atoms with Gasteiger partial charge in [0.15, 0.2) is 0 Å². The topological polar surface area (TPSA) is 37.9 Å². The Balaban J connectivity index is 1.70. The standard InChI is InChI=1S/C29H29BrClFN2O/c1-2-25(26-13-10-23(31)18-27(26)32)29(21-9-14-28-22(17-21)19-33-34-28)20-7-11-24(12-8-20)35-16-6-4-3-5-15-30/h7-14,17-19H,2-6,15-16H2,1H3,(H,33,34). The Labute approximate surface area is 219 Å². The minimum absolute atomic E-state index is 0.323. The largest absolute Gasteiger partial charge is 0.494 e. The second kappa shape index (κ2) is 12.4. The summed E-state index contributed by atoms with van der Waals surface area (Å²) in [5.74, 6) is 0.519. The van der Waals surface area contributed by atoms with Crippen LogP contribution in [0.4, 0.5) is 4.39 Å². The summed E-state index contributed by atoms with van der Waals surface area (Å²) in [5, 5.41) is 9.60. The van der Waals surface area contributed by atoms with Crippen molar-refractivity contribution in [3.63, 3.8) is 0 Å². The number of aromatic amines is 1. The van der Waals surface area contributed by atoms with Crippen molar-refractivity contribution in [3.8, 4) is 5.75 Å². The van der Waals surface area contributed by atoms with Crippen LogP contribution in [0.1, 0.15) is 55.7 Å². The maximum Gasteiger partial charge on any atom is 0.132 e. The molecule has 0 saturated heterocycles. The van der Waals surface area contributed by atoms with Gasteiger partial charge in [0.2, 0.25) is 0 Å². The molecule has 4 rings (SSSR count). The molecule has 0 amide bonds. The third-order valence-corrected chi connectivity index (χ3v) is 6.88. The minimum Gasteiger partial charge on any atom is -0.494 e. The van der Waals surface area contributed by atoms with Crippen molar-refractivity contribution in [3.05, 3.63) is 94.4 Å². The molecule has 0 aliphatic heterocycles. The maximum atomic E-state index is 15.0. The summed E-state index contributed by atoms with van der Waals surface area (Å²) in [6.07, 6.45) is 7.08. The summed E-state index contributed by atoms with van der Waals surface area (Å²) >= 11 is 9.51. The van der Waals surface area contributed by atoms with Crippen molar-refractivity contribution in [2.45, 2.75) is 39.0 Å². The van der Waals surface area contributed by atoms with Gasteiger partial charge in [-0.15, -0.1) is 0 Å². The number of alkyl halides is 1. The molecule has 0 unspecified atom stereocenters. The fourth-order valence-corrected chi connectivity index (χ4v) is 4.86. The number of halogens is 3. The Morgan fingerprint density at radius 3 is 2.49 bits per heavy atom. The molecule has 4 aromatic rings. The highest BCUT2D eigenvalue weighted by molar-refractivity contribution is 9.09. The molecular weight excluding hydrogens is 527 g/mol. The lowest BCUT2D eigenvalue weighted by Crippen LogP contribution is -1.99. The normalized spacial score (nSPS) is 12.1. The molecule has 35 heavy (non-hydrogen) atoms. The van der Waals surface area contributed by atoms with Gasteiger partial charge >= 0.3 is 0 Å². The summed E-state index contributed by atoms with van der Waals surface area (Å²) in [4.78, 5) is 0. The van der Waals surface area contributed by atoms with Gasteiger partial charge < -0.3 is 4.74 Å². The van der Waals surface area contributed by atoms with Crippen LogP contribution in [-0.4, -0.2) is 22.1 Å². The molecule has 3 nitrogen and oxygen atoms in total. The Kier molecular flexibility index (Phi) is 9.00. The highest BCUT2D eigenvalue weighted by Gasteiger charge is 2.17. The van der Waals surface area contributed by atoms with E-state index in [1.807, 2.05) is 25.1 Å². The number of rotatable bonds is 11. The van der Waals surface area contributed by atoms with E-state index in [0.29, 0.717) is 23.6 Å². The summed E-state index contributed by atoms with van der Waals surface area (Å²) in [5.41, 5.74) is 5.43. The summed E-state index contributed by atoms with van der Waals surface area (Å²) in [6, 6.07) is 19.1. The lowest BCUT2D eigenvalue weighted by atomic mass is 9.87. The van der Waals surface area contributed by atoms with Gasteiger partial charge in [-0.2, -0.15) is 5.10 Å². The first-order chi connectivity index (χ1) is 17.1. The smallest absolute Gasteiger partial charge is 0.132 e. The van der Waals surface area contributed by atoms with Gasteiger partial charge in [0.05, 0.1) is 18.3 Å². The van der Waals surface area contributed by atoms with Crippen LogP contribution in [0.15, 0.2) is 66.9 Å². The first-order valence-electron chi connectivity index (χ1n) is 12.0. The SMILES string of the molecule is CCC(=C(c1ccc(OCCCCCCBr)cc1)c1ccc2[nH]ncc2c1)c1ccc(Cl)cc1F. The Morgan fingerprint density at radius 1 is 0.971 bits per heavy atom. The van der Waals surface area contributed by atoms with Gasteiger partial charge in [-0.3, -0.25) is 5.10 Å². The second-order valence-electron chi connectivity index (χ2n) is 8.48. The summed E-state index contributed by atoms with van der Waals surface area (Å²) in [7, 11) is 0. The van der Waals surface area contributed by atoms with Crippen LogP contribution < -0.4 is 4.74 Å². The van der Waals surface area contributed by atoms with E-state index in [1.165, 1.54) is 25.3 Å². The number of benzene rings is 3. The molecule has 1 aromatic heterocycles. The number of fused-ring (bicyclic) bond motifs is 1. The molecule has 182 valence electrons. The van der Waals surface area contributed by atoms with Gasteiger partial charge in [0, 0.05) is 21.3 Å². The van der Waals surface area contributed by atoms with Crippen LogP contribution in [-0.2, 0) is 0 Å². The third-order valence-electron chi connectivity index (χ3n) is 6.08. The number of ether oxygens (including phenoxy) is 1. The predicted molar refractivity (Wildman–Crippen MR) is 148 cm³/mol. The summed E-state index contributed by atoms with van der Waals surface area (Å²) in [6.45, 7) is 2.75. The van der Waals surface area contributed by atoms with E-state index in [-0.39, 0.29) is 5.82 Å². The molecule has 0 bridgehead atoms. The molecule has 0 aliphatic carbocycles. The van der Waals surface area contributed by atoms with Gasteiger partial charge in [-0.25, -0.2) is 4.39 Å². The predicted octanol–water partition coefficient (Wildman–Crippen LogP) is 9.06. The average Bonchev–Trinajstić information content (AvgIpc) is 3.34. The number of nitrogens with zero attached hydrogens (tertiary/aromatic N) is 1. The minimum atomic E-state index is -0.323. The van der Waals surface area contributed by atoms with E-state index >= 15 is 4.39 Å². The molecular formula is C29H29BrClFN2O. The van der Waals surface area contributed by atoms with E-state index in [9.17, 15) is 0 Å². The number of hydrogen-bond acceptors (Lipinski definition) is 2. The first-order valence-corrected chi connectivity index (χ1v) is 13.5. The fraction of sp³-hybridized carbons (Fsp3) is 0.276. The van der Waals surface area contributed by atoms with Crippen LogP contribution in [0.3, 0.4) is 0 Å². The van der Waals surface area contributed by atoms with Crippen molar-refractivity contribution in [2.24, 2.45) is 0 Å². The Morgan fingerprint density at radius 2 is 1.74 bits per heavy atom. The number of nitrogens with one attached hydrogen (secondary N) is 1. The number of hydrogen-bond donors (Lipinski definition) is 1. The monoisotopic (exact) mass is 554 g/mol. The zero-order valence-electron chi connectivity index (χ0n) is 19.8. The van der Waals surface area contributed by atoms with E-state index < -0.39 is 0 Å². The van der Waals surface area contributed by atoms with Gasteiger partial charge in [0.25, 0.3) is 0 Å². The lowest BCUT2D eigenvalue weighted by Gasteiger charge is -2.17. The Bertz CT molecular complexity index is 1300. The highest BCUT2D eigenvalue weighted by atomic mass is 79.9. The van der Waals surface area contributed by atoms with Crippen molar-refractivity contribution < 1.29 is 9.13 Å². The highest BCUT2D eigenvalue weighted by Crippen LogP contribution is 2.37. The van der Waals surface area contributed by atoms with E-state index in [0.717, 1.165) is 50.7 Å². The molecule has 0 fully saturated rings. The number of H-pyrrole nitrogens is 1. The van der Waals surface area contributed by atoms with Crippen LogP contribution >= 0.6 is 27.5 Å². The van der Waals surface area contributed by atoms with Crippen molar-refractivity contribution >= 4 is 49.6 Å². The number of allylic oxidation sites excluding steroid dienone is 1. The van der Waals surface area contributed by atoms with Gasteiger partial charge in [-0.1, -0.05) is 71.6 Å². The zero-order chi connectivity index (χ0) is 24.6. The van der Waals surface area contributed by atoms with Crippen molar-refractivity contribution in [2.75, 3.05) is 11.9 Å². The molecule has 0 aliphatic rings. The van der Waals surface area contributed by atoms with Crippen molar-refractivity contribution in [1.29, 1.82) is 0 Å². The molecule has 0 spiro atoms. The van der Waals surface area contributed by atoms with Crippen LogP contribution in [0, 0.1) is 5.82 Å². The molecule has 1 heterocycles. The Hall–Kier alpha value is -2.63. The van der Waals surface area contributed by atoms with Crippen LogP contribution in [0.2, 0.25) is 5.02 Å². The number of aromatic nitrogens is 2. The van der Waals surface area contributed by atoms with E-state index in [4.69, 9.17) is 16.3 Å². The van der Waals surface area contributed by atoms with E-state index in [1.54, 1.807) is 18.3 Å². The first kappa shape index (κ1) is 25.5. The molecule has 0 radical (unpaired) electrons. The fourth-order valence-electron chi connectivity index (χ4n) is 4.31. The maximum absolute atomic E-state index is 15.0. The van der Waals surface area contributed by atoms with Crippen molar-refractivity contribution in [1.82, 2.24) is 10.2 Å². The van der Waals surface area contributed by atoms with Gasteiger partial charge in [-0.05, 0) is 77.9 Å². The summed E-state index contributed by atoms with van der Waals surface area (Å²) < 4.78 is 21.0. The van der Waals surface area contributed by atoms with Gasteiger partial charge in [0.1, 0.15) is 11.6 Å². The second-order valence-corrected chi connectivity index (χ2v) is 9.71. The quantitative estimate of drug-likeness (QED) is 0.114. The number of unbranched alkanes of at least 4 members (excludes halogenated alkanes) is 3. The average molecular weight is 556 g/mol. The molecule has 0 atom stereocenters. The lowest BCUT2D eigenvalue weighted by molar-refractivity contribution is 0.305. The zero-order valence-corrected chi connectivity index (χ0v) is 22.1. The van der Waals surface area contributed by atoms with Crippen LogP contribution in [0.25, 0.3) is 22.0 Å². The van der Waals surface area contributed by atoms with E-state index in [2.05, 4.69) is 50.4 Å². The third kappa shape index (κ3) is 6.33. The molecule has 0 saturated carbocycles.